The van der Waals surface area contributed by atoms with E-state index in [1.165, 1.54) is 4.90 Å². The Hall–Kier alpha value is -1.30. The summed E-state index contributed by atoms with van der Waals surface area (Å²) in [6, 6.07) is -0.283. The number of carboxylic acid groups (broad SMARTS) is 1. The van der Waals surface area contributed by atoms with Crippen LogP contribution in [0.1, 0.15) is 26.7 Å². The first-order chi connectivity index (χ1) is 8.51. The van der Waals surface area contributed by atoms with E-state index in [1.807, 2.05) is 6.92 Å². The van der Waals surface area contributed by atoms with Crippen LogP contribution in [0.2, 0.25) is 0 Å². The molecule has 0 spiro atoms. The Balaban J connectivity index is 2.64. The van der Waals surface area contributed by atoms with E-state index in [1.54, 1.807) is 11.8 Å². The molecule has 1 aliphatic heterocycles. The molecule has 2 unspecified atom stereocenters. The van der Waals surface area contributed by atoms with Gasteiger partial charge in [0.2, 0.25) is 0 Å². The SMILES string of the molecule is CCN(CC(C)C(=O)O)C(=O)N1CCCC1CO. The van der Waals surface area contributed by atoms with Crippen LogP contribution in [0.25, 0.3) is 0 Å². The minimum absolute atomic E-state index is 0.0300. The third-order valence-corrected chi connectivity index (χ3v) is 3.40. The van der Waals surface area contributed by atoms with Gasteiger partial charge in [0.15, 0.2) is 0 Å². The van der Waals surface area contributed by atoms with Crippen molar-refractivity contribution < 1.29 is 19.8 Å². The molecule has 6 nitrogen and oxygen atoms in total. The molecule has 1 saturated heterocycles. The molecule has 0 bridgehead atoms. The Labute approximate surface area is 107 Å². The first-order valence-corrected chi connectivity index (χ1v) is 6.40. The Kier molecular flexibility index (Phi) is 5.40. The predicted molar refractivity (Wildman–Crippen MR) is 66.3 cm³/mol. The van der Waals surface area contributed by atoms with E-state index in [2.05, 4.69) is 0 Å². The molecule has 2 N–H and O–H groups in total. The van der Waals surface area contributed by atoms with Gasteiger partial charge in [0.05, 0.1) is 18.6 Å². The van der Waals surface area contributed by atoms with Crippen molar-refractivity contribution in [2.45, 2.75) is 32.7 Å². The highest BCUT2D eigenvalue weighted by molar-refractivity contribution is 5.76. The summed E-state index contributed by atoms with van der Waals surface area (Å²) in [5.41, 5.74) is 0. The quantitative estimate of drug-likeness (QED) is 0.757. The van der Waals surface area contributed by atoms with Crippen LogP contribution in [0.4, 0.5) is 4.79 Å². The fraction of sp³-hybridized carbons (Fsp3) is 0.833. The number of carboxylic acids is 1. The molecule has 104 valence electrons. The number of aliphatic carboxylic acids is 1. The topological polar surface area (TPSA) is 81.1 Å². The number of nitrogens with zero attached hydrogens (tertiary/aromatic N) is 2. The standard InChI is InChI=1S/C12H22N2O4/c1-3-13(7-9(2)11(16)17)12(18)14-6-4-5-10(14)8-15/h9-10,15H,3-8H2,1-2H3,(H,16,17). The number of amides is 2. The molecule has 0 saturated carbocycles. The van der Waals surface area contributed by atoms with Crippen LogP contribution in [-0.4, -0.2) is 64.3 Å². The third kappa shape index (κ3) is 3.35. The molecule has 2 amide bonds. The number of urea groups is 1. The highest BCUT2D eigenvalue weighted by Gasteiger charge is 2.31. The lowest BCUT2D eigenvalue weighted by Crippen LogP contribution is -2.48. The van der Waals surface area contributed by atoms with Crippen LogP contribution in [0, 0.1) is 5.92 Å². The Morgan fingerprint density at radius 1 is 1.50 bits per heavy atom. The highest BCUT2D eigenvalue weighted by atomic mass is 16.4. The summed E-state index contributed by atoms with van der Waals surface area (Å²) in [6.07, 6.45) is 1.71. The molecule has 2 atom stereocenters. The van der Waals surface area contributed by atoms with Crippen molar-refractivity contribution in [2.75, 3.05) is 26.2 Å². The van der Waals surface area contributed by atoms with Gasteiger partial charge in [-0.15, -0.1) is 0 Å². The number of likely N-dealkylation sites (tertiary alicyclic amines) is 1. The maximum absolute atomic E-state index is 12.3. The van der Waals surface area contributed by atoms with Crippen LogP contribution in [0.3, 0.4) is 0 Å². The van der Waals surface area contributed by atoms with Crippen molar-refractivity contribution >= 4 is 12.0 Å². The Bertz CT molecular complexity index is 308. The zero-order valence-corrected chi connectivity index (χ0v) is 11.0. The van der Waals surface area contributed by atoms with Crippen molar-refractivity contribution in [1.82, 2.24) is 9.80 Å². The number of aliphatic hydroxyl groups is 1. The molecule has 1 aliphatic rings. The fourth-order valence-corrected chi connectivity index (χ4v) is 2.21. The lowest BCUT2D eigenvalue weighted by atomic mass is 10.2. The van der Waals surface area contributed by atoms with E-state index in [4.69, 9.17) is 5.11 Å². The van der Waals surface area contributed by atoms with E-state index in [0.717, 1.165) is 12.8 Å². The maximum atomic E-state index is 12.3. The molecular formula is C12H22N2O4. The lowest BCUT2D eigenvalue weighted by molar-refractivity contribution is -0.141. The first-order valence-electron chi connectivity index (χ1n) is 6.40. The van der Waals surface area contributed by atoms with Gasteiger partial charge < -0.3 is 20.0 Å². The van der Waals surface area contributed by atoms with Gasteiger partial charge in [-0.1, -0.05) is 6.92 Å². The summed E-state index contributed by atoms with van der Waals surface area (Å²) in [5, 5.41) is 18.1. The molecule has 0 radical (unpaired) electrons. The minimum Gasteiger partial charge on any atom is -0.481 e. The van der Waals surface area contributed by atoms with E-state index < -0.39 is 11.9 Å². The molecule has 1 fully saturated rings. The average molecular weight is 258 g/mol. The van der Waals surface area contributed by atoms with E-state index in [9.17, 15) is 14.7 Å². The monoisotopic (exact) mass is 258 g/mol. The second-order valence-electron chi connectivity index (χ2n) is 4.73. The molecular weight excluding hydrogens is 236 g/mol. The van der Waals surface area contributed by atoms with Crippen LogP contribution in [0.5, 0.6) is 0 Å². The van der Waals surface area contributed by atoms with Crippen molar-refractivity contribution in [3.8, 4) is 0 Å². The van der Waals surface area contributed by atoms with Gasteiger partial charge in [0.1, 0.15) is 0 Å². The molecule has 0 aliphatic carbocycles. The summed E-state index contributed by atoms with van der Waals surface area (Å²) >= 11 is 0. The van der Waals surface area contributed by atoms with Gasteiger partial charge in [-0.2, -0.15) is 0 Å². The molecule has 0 aromatic rings. The van der Waals surface area contributed by atoms with E-state index >= 15 is 0 Å². The number of hydrogen-bond acceptors (Lipinski definition) is 3. The van der Waals surface area contributed by atoms with Crippen molar-refractivity contribution in [3.63, 3.8) is 0 Å². The van der Waals surface area contributed by atoms with Crippen LogP contribution in [0.15, 0.2) is 0 Å². The van der Waals surface area contributed by atoms with Gasteiger partial charge in [-0.05, 0) is 19.8 Å². The number of hydrogen-bond donors (Lipinski definition) is 2. The highest BCUT2D eigenvalue weighted by Crippen LogP contribution is 2.19. The maximum Gasteiger partial charge on any atom is 0.320 e. The second kappa shape index (κ2) is 6.58. The predicted octanol–water partition coefficient (Wildman–Crippen LogP) is 0.606. The van der Waals surface area contributed by atoms with Gasteiger partial charge in [0.25, 0.3) is 0 Å². The molecule has 18 heavy (non-hydrogen) atoms. The molecule has 1 heterocycles. The van der Waals surface area contributed by atoms with Gasteiger partial charge >= 0.3 is 12.0 Å². The van der Waals surface area contributed by atoms with E-state index in [-0.39, 0.29) is 25.2 Å². The number of rotatable bonds is 5. The average Bonchev–Trinajstić information content (AvgIpc) is 2.82. The Morgan fingerprint density at radius 2 is 2.17 bits per heavy atom. The second-order valence-corrected chi connectivity index (χ2v) is 4.73. The largest absolute Gasteiger partial charge is 0.481 e. The fourth-order valence-electron chi connectivity index (χ4n) is 2.21. The van der Waals surface area contributed by atoms with Crippen molar-refractivity contribution in [1.29, 1.82) is 0 Å². The summed E-state index contributed by atoms with van der Waals surface area (Å²) in [4.78, 5) is 26.3. The minimum atomic E-state index is -0.901. The van der Waals surface area contributed by atoms with Crippen LogP contribution < -0.4 is 0 Å². The molecule has 6 heteroatoms. The number of aliphatic hydroxyl groups excluding tert-OH is 1. The molecule has 1 rings (SSSR count). The summed E-state index contributed by atoms with van der Waals surface area (Å²) < 4.78 is 0. The number of carbonyl (C=O) groups is 2. The lowest BCUT2D eigenvalue weighted by Gasteiger charge is -2.31. The Morgan fingerprint density at radius 3 is 2.67 bits per heavy atom. The zero-order chi connectivity index (χ0) is 13.7. The van der Waals surface area contributed by atoms with Crippen LogP contribution in [-0.2, 0) is 4.79 Å². The summed E-state index contributed by atoms with van der Waals surface area (Å²) in [5.74, 6) is -1.48. The van der Waals surface area contributed by atoms with Crippen molar-refractivity contribution in [3.05, 3.63) is 0 Å². The smallest absolute Gasteiger partial charge is 0.320 e. The third-order valence-electron chi connectivity index (χ3n) is 3.40. The summed E-state index contributed by atoms with van der Waals surface area (Å²) in [7, 11) is 0. The van der Waals surface area contributed by atoms with Crippen molar-refractivity contribution in [2.24, 2.45) is 5.92 Å². The van der Waals surface area contributed by atoms with Gasteiger partial charge in [-0.25, -0.2) is 4.79 Å². The normalized spacial score (nSPS) is 20.8. The van der Waals surface area contributed by atoms with Crippen LogP contribution >= 0.6 is 0 Å². The van der Waals surface area contributed by atoms with Gasteiger partial charge in [0, 0.05) is 19.6 Å². The van der Waals surface area contributed by atoms with Gasteiger partial charge in [-0.3, -0.25) is 4.79 Å². The first kappa shape index (κ1) is 14.8. The molecule has 0 aromatic heterocycles. The summed E-state index contributed by atoms with van der Waals surface area (Å²) in [6.45, 7) is 4.71. The van der Waals surface area contributed by atoms with E-state index in [0.29, 0.717) is 13.1 Å². The molecule has 0 aromatic carbocycles. The number of carbonyl (C=O) groups excluding carboxylic acids is 1. The zero-order valence-electron chi connectivity index (χ0n) is 11.0.